The Morgan fingerprint density at radius 2 is 1.21 bits per heavy atom. The van der Waals surface area contributed by atoms with Gasteiger partial charge < -0.3 is 9.32 Å². The van der Waals surface area contributed by atoms with Gasteiger partial charge in [-0.2, -0.15) is 0 Å². The highest BCUT2D eigenvalue weighted by Crippen LogP contribution is 2.58. The largest absolute Gasteiger partial charge is 0.456 e. The molecule has 3 unspecified atom stereocenters. The lowest BCUT2D eigenvalue weighted by molar-refractivity contribution is 0.237. The Morgan fingerprint density at radius 1 is 0.536 bits per heavy atom. The normalized spacial score (nSPS) is 21.2. The fraction of sp³-hybridized carbons (Fsp3) is 0.333. The Labute approximate surface area is 332 Å². The van der Waals surface area contributed by atoms with Crippen LogP contribution in [0.3, 0.4) is 0 Å². The maximum atomic E-state index is 6.55. The molecule has 0 aliphatic heterocycles. The molecule has 2 heteroatoms. The number of hydrogen-bond acceptors (Lipinski definition) is 2. The molecular weight excluding hydrogens is 679 g/mol. The van der Waals surface area contributed by atoms with Crippen LogP contribution in [0.25, 0.3) is 44.2 Å². The predicted octanol–water partition coefficient (Wildman–Crippen LogP) is 15.3. The van der Waals surface area contributed by atoms with Crippen LogP contribution in [0.2, 0.25) is 0 Å². The van der Waals surface area contributed by atoms with Crippen molar-refractivity contribution < 1.29 is 4.42 Å². The standard InChI is InChI=1S/C54H53NO/c1-2-36-20-21-37-12-11-13-38(30-37)32-39-14-3-4-15-44(39)45-25-22-41(33-40(45)31-36)55(43-24-27-49-48-17-6-8-19-52(48)56-53(49)35-43)42-23-26-47-46-16-5-7-18-50(46)54(51(47)34-42)28-9-10-29-54/h3-8,14-19,22-27,33-38H,2,9-13,20-21,28-32H2,1H3. The van der Waals surface area contributed by atoms with Crippen LogP contribution in [0.15, 0.2) is 132 Å². The molecule has 0 amide bonds. The van der Waals surface area contributed by atoms with E-state index in [9.17, 15) is 0 Å². The number of furan rings is 1. The molecule has 6 aromatic carbocycles. The minimum Gasteiger partial charge on any atom is -0.456 e. The molecule has 1 aromatic heterocycles. The van der Waals surface area contributed by atoms with E-state index in [2.05, 4.69) is 139 Å². The van der Waals surface area contributed by atoms with Gasteiger partial charge in [-0.1, -0.05) is 131 Å². The van der Waals surface area contributed by atoms with E-state index < -0.39 is 0 Å². The van der Waals surface area contributed by atoms with Gasteiger partial charge >= 0.3 is 0 Å². The second-order valence-corrected chi connectivity index (χ2v) is 17.8. The van der Waals surface area contributed by atoms with Crippen molar-refractivity contribution in [1.29, 1.82) is 0 Å². The second-order valence-electron chi connectivity index (χ2n) is 17.8. The number of fused-ring (bicyclic) bond motifs is 13. The van der Waals surface area contributed by atoms with Gasteiger partial charge in [0, 0.05) is 39.3 Å². The fourth-order valence-corrected chi connectivity index (χ4v) is 11.9. The predicted molar refractivity (Wildman–Crippen MR) is 234 cm³/mol. The molecule has 0 radical (unpaired) electrons. The van der Waals surface area contributed by atoms with Crippen LogP contribution in [-0.2, 0) is 18.3 Å². The highest BCUT2D eigenvalue weighted by Gasteiger charge is 2.45. The van der Waals surface area contributed by atoms with Crippen molar-refractivity contribution in [3.05, 3.63) is 150 Å². The third kappa shape index (κ3) is 5.66. The number of para-hydroxylation sites is 1. The highest BCUT2D eigenvalue weighted by atomic mass is 16.3. The molecule has 280 valence electrons. The number of rotatable bonds is 4. The summed E-state index contributed by atoms with van der Waals surface area (Å²) in [6.45, 7) is 2.42. The van der Waals surface area contributed by atoms with E-state index in [-0.39, 0.29) is 5.41 Å². The Kier molecular flexibility index (Phi) is 8.45. The van der Waals surface area contributed by atoms with Crippen LogP contribution in [0.4, 0.5) is 17.1 Å². The van der Waals surface area contributed by atoms with E-state index in [4.69, 9.17) is 4.42 Å². The van der Waals surface area contributed by atoms with Crippen molar-refractivity contribution in [3.8, 4) is 22.3 Å². The minimum absolute atomic E-state index is 0.104. The summed E-state index contributed by atoms with van der Waals surface area (Å²) in [6.07, 6.45) is 16.9. The van der Waals surface area contributed by atoms with Crippen molar-refractivity contribution in [2.75, 3.05) is 4.90 Å². The zero-order valence-corrected chi connectivity index (χ0v) is 32.9. The van der Waals surface area contributed by atoms with Gasteiger partial charge in [0.25, 0.3) is 0 Å². The van der Waals surface area contributed by atoms with E-state index in [0.29, 0.717) is 5.92 Å². The number of benzene rings is 6. The van der Waals surface area contributed by atoms with Crippen LogP contribution in [-0.4, -0.2) is 0 Å². The summed E-state index contributed by atoms with van der Waals surface area (Å²) >= 11 is 0. The second kappa shape index (κ2) is 13.8. The molecule has 2 nitrogen and oxygen atoms in total. The summed E-state index contributed by atoms with van der Waals surface area (Å²) in [5.74, 6) is 2.37. The summed E-state index contributed by atoms with van der Waals surface area (Å²) < 4.78 is 6.55. The lowest BCUT2D eigenvalue weighted by Crippen LogP contribution is -2.21. The minimum atomic E-state index is 0.104. The molecular formula is C54H53NO. The molecule has 11 rings (SSSR count). The summed E-state index contributed by atoms with van der Waals surface area (Å²) in [5.41, 5.74) is 17.4. The average Bonchev–Trinajstić information content (AvgIpc) is 3.95. The molecule has 3 atom stereocenters. The van der Waals surface area contributed by atoms with E-state index >= 15 is 0 Å². The SMILES string of the molecule is CCC1CCC2CCCC(Cc3ccccc3-c3ccc(N(c4ccc5c(c4)C4(CCCC4)c4ccccc4-5)c4ccc5c(c4)oc4ccccc45)cc3C1)C2. The summed E-state index contributed by atoms with van der Waals surface area (Å²) in [5, 5.41) is 2.34. The van der Waals surface area contributed by atoms with Gasteiger partial charge in [0.15, 0.2) is 0 Å². The van der Waals surface area contributed by atoms with Crippen molar-refractivity contribution >= 4 is 39.0 Å². The van der Waals surface area contributed by atoms with Crippen LogP contribution in [0, 0.1) is 17.8 Å². The topological polar surface area (TPSA) is 16.4 Å². The van der Waals surface area contributed by atoms with Crippen molar-refractivity contribution in [2.24, 2.45) is 17.8 Å². The smallest absolute Gasteiger partial charge is 0.137 e. The third-order valence-electron chi connectivity index (χ3n) is 14.7. The third-order valence-corrected chi connectivity index (χ3v) is 14.7. The van der Waals surface area contributed by atoms with E-state index in [1.807, 2.05) is 0 Å². The van der Waals surface area contributed by atoms with Gasteiger partial charge in [-0.25, -0.2) is 0 Å². The molecule has 2 bridgehead atoms. The molecule has 56 heavy (non-hydrogen) atoms. The van der Waals surface area contributed by atoms with Gasteiger partial charge in [0.05, 0.1) is 0 Å². The van der Waals surface area contributed by atoms with Gasteiger partial charge in [0.1, 0.15) is 11.2 Å². The zero-order valence-electron chi connectivity index (χ0n) is 32.9. The highest BCUT2D eigenvalue weighted by molar-refractivity contribution is 6.06. The number of nitrogens with zero attached hydrogens (tertiary/aromatic N) is 1. The van der Waals surface area contributed by atoms with Crippen LogP contribution < -0.4 is 4.90 Å². The number of hydrogen-bond donors (Lipinski definition) is 0. The Balaban J connectivity index is 1.10. The van der Waals surface area contributed by atoms with Crippen LogP contribution in [0.5, 0.6) is 0 Å². The molecule has 2 saturated carbocycles. The first-order valence-corrected chi connectivity index (χ1v) is 21.8. The zero-order chi connectivity index (χ0) is 37.2. The molecule has 0 N–H and O–H groups in total. The van der Waals surface area contributed by atoms with Gasteiger partial charge in [-0.05, 0) is 143 Å². The monoisotopic (exact) mass is 731 g/mol. The van der Waals surface area contributed by atoms with Crippen LogP contribution >= 0.6 is 0 Å². The summed E-state index contributed by atoms with van der Waals surface area (Å²) in [4.78, 5) is 2.53. The Bertz CT molecular complexity index is 2580. The molecule has 4 aliphatic carbocycles. The average molecular weight is 732 g/mol. The molecule has 1 spiro atoms. The van der Waals surface area contributed by atoms with Gasteiger partial charge in [-0.3, -0.25) is 0 Å². The maximum absolute atomic E-state index is 6.55. The Morgan fingerprint density at radius 3 is 2.11 bits per heavy atom. The van der Waals surface area contributed by atoms with Gasteiger partial charge in [-0.15, -0.1) is 0 Å². The lowest BCUT2D eigenvalue weighted by atomic mass is 9.74. The quantitative estimate of drug-likeness (QED) is 0.179. The van der Waals surface area contributed by atoms with Crippen molar-refractivity contribution in [1.82, 2.24) is 0 Å². The Hall–Kier alpha value is -5.08. The van der Waals surface area contributed by atoms with E-state index in [1.54, 1.807) is 0 Å². The molecule has 2 fully saturated rings. The molecule has 7 aromatic rings. The van der Waals surface area contributed by atoms with Crippen molar-refractivity contribution in [3.63, 3.8) is 0 Å². The van der Waals surface area contributed by atoms with E-state index in [0.717, 1.165) is 35.1 Å². The van der Waals surface area contributed by atoms with E-state index in [1.165, 1.54) is 144 Å². The van der Waals surface area contributed by atoms with Crippen LogP contribution in [0.1, 0.15) is 99.8 Å². The maximum Gasteiger partial charge on any atom is 0.137 e. The first-order chi connectivity index (χ1) is 27.6. The first kappa shape index (κ1) is 34.2. The summed E-state index contributed by atoms with van der Waals surface area (Å²) in [7, 11) is 0. The molecule has 1 heterocycles. The van der Waals surface area contributed by atoms with Crippen molar-refractivity contribution in [2.45, 2.75) is 95.8 Å². The summed E-state index contributed by atoms with van der Waals surface area (Å²) in [6, 6.07) is 48.8. The lowest BCUT2D eigenvalue weighted by Gasteiger charge is -2.32. The molecule has 4 aliphatic rings. The molecule has 0 saturated heterocycles. The fourth-order valence-electron chi connectivity index (χ4n) is 11.9. The van der Waals surface area contributed by atoms with Gasteiger partial charge in [0.2, 0.25) is 0 Å². The first-order valence-electron chi connectivity index (χ1n) is 21.8. The number of anilines is 3.